The van der Waals surface area contributed by atoms with Gasteiger partial charge in [0, 0.05) is 23.7 Å². The highest BCUT2D eigenvalue weighted by atomic mass is 19.4. The number of fused-ring (bicyclic) bond motifs is 5. The Bertz CT molecular complexity index is 672. The summed E-state index contributed by atoms with van der Waals surface area (Å²) in [5, 5.41) is 10.0. The standard InChI is InChI=1S/C12H18N2O.C2HF3O2/c1-11(2)7-5-6-12(11,3)9-8(7)10(15)13-14(9)4;3-2(4,5)1(6)7/h7H,5-6H2,1-4H3,(H,13,15);(H,6,7)/t7-,12+;/m0./s1. The van der Waals surface area contributed by atoms with Crippen LogP contribution in [0.1, 0.15) is 50.8 Å². The van der Waals surface area contributed by atoms with Crippen LogP contribution in [-0.4, -0.2) is 27.0 Å². The molecule has 3 rings (SSSR count). The van der Waals surface area contributed by atoms with Crippen molar-refractivity contribution in [2.24, 2.45) is 12.5 Å². The fraction of sp³-hybridized carbons (Fsp3) is 0.714. The molecule has 22 heavy (non-hydrogen) atoms. The molecule has 0 spiro atoms. The van der Waals surface area contributed by atoms with Crippen molar-refractivity contribution in [1.82, 2.24) is 9.78 Å². The van der Waals surface area contributed by atoms with Gasteiger partial charge in [-0.25, -0.2) is 4.79 Å². The van der Waals surface area contributed by atoms with E-state index >= 15 is 0 Å². The second kappa shape index (κ2) is 4.63. The van der Waals surface area contributed by atoms with E-state index in [0.717, 1.165) is 5.56 Å². The number of hydrogen-bond donors (Lipinski definition) is 2. The van der Waals surface area contributed by atoms with E-state index < -0.39 is 12.1 Å². The van der Waals surface area contributed by atoms with Gasteiger partial charge >= 0.3 is 12.1 Å². The quantitative estimate of drug-likeness (QED) is 0.771. The van der Waals surface area contributed by atoms with Crippen LogP contribution in [0.25, 0.3) is 0 Å². The molecular weight excluding hydrogens is 301 g/mol. The van der Waals surface area contributed by atoms with Crippen LogP contribution >= 0.6 is 0 Å². The summed E-state index contributed by atoms with van der Waals surface area (Å²) in [4.78, 5) is 20.8. The first-order chi connectivity index (χ1) is 9.84. The van der Waals surface area contributed by atoms with Crippen molar-refractivity contribution >= 4 is 5.97 Å². The van der Waals surface area contributed by atoms with Gasteiger partial charge in [0.15, 0.2) is 0 Å². The highest BCUT2D eigenvalue weighted by Crippen LogP contribution is 2.66. The molecule has 1 aromatic rings. The molecule has 5 nitrogen and oxygen atoms in total. The number of aromatic amines is 1. The topological polar surface area (TPSA) is 75.1 Å². The summed E-state index contributed by atoms with van der Waals surface area (Å²) in [6.45, 7) is 6.93. The zero-order chi connectivity index (χ0) is 17.1. The predicted molar refractivity (Wildman–Crippen MR) is 72.8 cm³/mol. The van der Waals surface area contributed by atoms with Gasteiger partial charge in [-0.05, 0) is 24.2 Å². The smallest absolute Gasteiger partial charge is 0.475 e. The van der Waals surface area contributed by atoms with Crippen LogP contribution in [0, 0.1) is 5.41 Å². The summed E-state index contributed by atoms with van der Waals surface area (Å²) in [6.07, 6.45) is -2.70. The van der Waals surface area contributed by atoms with E-state index in [4.69, 9.17) is 9.90 Å². The molecule has 8 heteroatoms. The van der Waals surface area contributed by atoms with Crippen molar-refractivity contribution in [1.29, 1.82) is 0 Å². The Morgan fingerprint density at radius 1 is 1.36 bits per heavy atom. The normalized spacial score (nSPS) is 28.0. The van der Waals surface area contributed by atoms with Crippen molar-refractivity contribution in [3.05, 3.63) is 21.6 Å². The molecule has 0 aromatic carbocycles. The first-order valence-electron chi connectivity index (χ1n) is 6.93. The van der Waals surface area contributed by atoms with Crippen LogP contribution in [-0.2, 0) is 17.3 Å². The van der Waals surface area contributed by atoms with Gasteiger partial charge in [0.05, 0.1) is 0 Å². The first kappa shape index (κ1) is 16.6. The Morgan fingerprint density at radius 3 is 2.27 bits per heavy atom. The minimum atomic E-state index is -5.08. The van der Waals surface area contributed by atoms with Crippen molar-refractivity contribution in [2.75, 3.05) is 0 Å². The number of aromatic nitrogens is 2. The van der Waals surface area contributed by atoms with Crippen molar-refractivity contribution in [3.63, 3.8) is 0 Å². The average Bonchev–Trinajstić information content (AvgIpc) is 2.83. The third-order valence-electron chi connectivity index (χ3n) is 5.44. The lowest BCUT2D eigenvalue weighted by Crippen LogP contribution is -2.33. The highest BCUT2D eigenvalue weighted by Gasteiger charge is 2.62. The number of aryl methyl sites for hydroxylation is 1. The monoisotopic (exact) mass is 320 g/mol. The molecule has 0 amide bonds. The number of carboxylic acid groups (broad SMARTS) is 1. The molecule has 1 heterocycles. The third kappa shape index (κ3) is 2.07. The van der Waals surface area contributed by atoms with E-state index in [0.29, 0.717) is 5.92 Å². The average molecular weight is 320 g/mol. The van der Waals surface area contributed by atoms with Crippen molar-refractivity contribution < 1.29 is 23.1 Å². The zero-order valence-corrected chi connectivity index (χ0v) is 12.8. The molecule has 2 N–H and O–H groups in total. The van der Waals surface area contributed by atoms with Crippen LogP contribution in [0.5, 0.6) is 0 Å². The maximum Gasteiger partial charge on any atom is 0.490 e. The Balaban J connectivity index is 0.000000217. The number of hydrogen-bond acceptors (Lipinski definition) is 2. The molecule has 2 atom stereocenters. The minimum absolute atomic E-state index is 0.133. The van der Waals surface area contributed by atoms with Crippen molar-refractivity contribution in [2.45, 2.75) is 51.1 Å². The number of H-pyrrole nitrogens is 1. The molecule has 2 aliphatic rings. The first-order valence-corrected chi connectivity index (χ1v) is 6.93. The Kier molecular flexibility index (Phi) is 3.50. The lowest BCUT2D eigenvalue weighted by Gasteiger charge is -2.35. The molecule has 1 fully saturated rings. The fourth-order valence-corrected chi connectivity index (χ4v) is 3.98. The highest BCUT2D eigenvalue weighted by molar-refractivity contribution is 5.73. The van der Waals surface area contributed by atoms with Gasteiger partial charge in [-0.3, -0.25) is 14.6 Å². The number of nitrogens with zero attached hydrogens (tertiary/aromatic N) is 1. The van der Waals surface area contributed by atoms with E-state index in [1.54, 1.807) is 0 Å². The van der Waals surface area contributed by atoms with Crippen LogP contribution in [0.4, 0.5) is 13.2 Å². The number of alkyl halides is 3. The predicted octanol–water partition coefficient (Wildman–Crippen LogP) is 2.52. The van der Waals surface area contributed by atoms with Crippen molar-refractivity contribution in [3.8, 4) is 0 Å². The summed E-state index contributed by atoms with van der Waals surface area (Å²) in [6, 6.07) is 0. The van der Waals surface area contributed by atoms with Gasteiger partial charge in [-0.2, -0.15) is 13.2 Å². The SMILES string of the molecule is Cn1[nH]c(=O)c2c1[C@@]1(C)CC[C@@H]2C1(C)C.O=C(O)C(F)(F)F. The molecule has 1 saturated carbocycles. The van der Waals surface area contributed by atoms with Gasteiger partial charge in [-0.15, -0.1) is 0 Å². The maximum atomic E-state index is 11.9. The molecule has 0 unspecified atom stereocenters. The number of nitrogens with one attached hydrogen (secondary N) is 1. The summed E-state index contributed by atoms with van der Waals surface area (Å²) in [7, 11) is 1.96. The van der Waals surface area contributed by atoms with Gasteiger partial charge in [0.1, 0.15) is 0 Å². The van der Waals surface area contributed by atoms with E-state index in [1.807, 2.05) is 11.7 Å². The van der Waals surface area contributed by atoms with E-state index in [-0.39, 0.29) is 16.4 Å². The lowest BCUT2D eigenvalue weighted by molar-refractivity contribution is -0.192. The number of halogens is 3. The van der Waals surface area contributed by atoms with Gasteiger partial charge in [0.25, 0.3) is 5.56 Å². The summed E-state index contributed by atoms with van der Waals surface area (Å²) in [5.41, 5.74) is 2.88. The Morgan fingerprint density at radius 2 is 1.86 bits per heavy atom. The fourth-order valence-electron chi connectivity index (χ4n) is 3.98. The second-order valence-electron chi connectivity index (χ2n) is 6.71. The molecule has 0 radical (unpaired) electrons. The second-order valence-corrected chi connectivity index (χ2v) is 6.71. The third-order valence-corrected chi connectivity index (χ3v) is 5.44. The number of carboxylic acids is 1. The minimum Gasteiger partial charge on any atom is -0.475 e. The number of aliphatic carboxylic acids is 1. The Labute approximate surface area is 125 Å². The van der Waals surface area contributed by atoms with Gasteiger partial charge < -0.3 is 5.11 Å². The van der Waals surface area contributed by atoms with Crippen LogP contribution in [0.15, 0.2) is 4.79 Å². The Hall–Kier alpha value is -1.73. The summed E-state index contributed by atoms with van der Waals surface area (Å²) < 4.78 is 33.7. The van der Waals surface area contributed by atoms with Crippen LogP contribution < -0.4 is 5.56 Å². The molecule has 2 aliphatic carbocycles. The van der Waals surface area contributed by atoms with Gasteiger partial charge in [0.2, 0.25) is 0 Å². The molecule has 1 aromatic heterocycles. The number of carbonyl (C=O) groups is 1. The number of rotatable bonds is 0. The molecular formula is C14H19F3N2O3. The van der Waals surface area contributed by atoms with Crippen LogP contribution in [0.3, 0.4) is 0 Å². The molecule has 124 valence electrons. The summed E-state index contributed by atoms with van der Waals surface area (Å²) in [5.74, 6) is -2.30. The van der Waals surface area contributed by atoms with E-state index in [1.165, 1.54) is 18.5 Å². The summed E-state index contributed by atoms with van der Waals surface area (Å²) >= 11 is 0. The largest absolute Gasteiger partial charge is 0.490 e. The molecule has 0 saturated heterocycles. The van der Waals surface area contributed by atoms with E-state index in [9.17, 15) is 18.0 Å². The molecule has 0 aliphatic heterocycles. The maximum absolute atomic E-state index is 11.9. The van der Waals surface area contributed by atoms with E-state index in [2.05, 4.69) is 25.9 Å². The van der Waals surface area contributed by atoms with Gasteiger partial charge in [-0.1, -0.05) is 20.8 Å². The molecule has 2 bridgehead atoms. The lowest BCUT2D eigenvalue weighted by atomic mass is 9.70. The van der Waals surface area contributed by atoms with Crippen LogP contribution in [0.2, 0.25) is 0 Å². The zero-order valence-electron chi connectivity index (χ0n) is 12.8.